The van der Waals surface area contributed by atoms with Gasteiger partial charge in [-0.2, -0.15) is 0 Å². The molecule has 0 bridgehead atoms. The van der Waals surface area contributed by atoms with Gasteiger partial charge in [-0.25, -0.2) is 14.2 Å². The van der Waals surface area contributed by atoms with Crippen LogP contribution in [0.5, 0.6) is 11.5 Å². The monoisotopic (exact) mass is 495 g/mol. The number of esters is 1. The first-order valence-corrected chi connectivity index (χ1v) is 9.86. The summed E-state index contributed by atoms with van der Waals surface area (Å²) in [6.07, 6.45) is 1.61. The third kappa shape index (κ3) is 4.70. The third-order valence-electron chi connectivity index (χ3n) is 3.68. The Kier molecular flexibility index (Phi) is 6.33. The lowest BCUT2D eigenvalue weighted by Crippen LogP contribution is -2.09. The fourth-order valence-electron chi connectivity index (χ4n) is 2.60. The summed E-state index contributed by atoms with van der Waals surface area (Å²) < 4.78 is 31.0. The van der Waals surface area contributed by atoms with Crippen LogP contribution in [0.15, 0.2) is 47.1 Å². The fraction of sp³-hybridized carbons (Fsp3) is 0.238. The highest BCUT2D eigenvalue weighted by atomic mass is 127. The molecule has 1 heterocycles. The highest BCUT2D eigenvalue weighted by Crippen LogP contribution is 2.36. The zero-order chi connectivity index (χ0) is 20.3. The lowest BCUT2D eigenvalue weighted by Gasteiger charge is -2.16. The van der Waals surface area contributed by atoms with Gasteiger partial charge in [-0.3, -0.25) is 0 Å². The molecule has 0 unspecified atom stereocenters. The van der Waals surface area contributed by atoms with Crippen LogP contribution in [0.2, 0.25) is 0 Å². The number of nitrogens with zero attached hydrogens (tertiary/aromatic N) is 1. The lowest BCUT2D eigenvalue weighted by molar-refractivity contribution is -0.129. The number of cyclic esters (lactones) is 1. The largest absolute Gasteiger partial charge is 0.490 e. The number of carbonyl (C=O) groups excluding carboxylic acids is 1. The van der Waals surface area contributed by atoms with Crippen LogP contribution in [0.25, 0.3) is 6.08 Å². The van der Waals surface area contributed by atoms with Crippen LogP contribution in [0.1, 0.15) is 31.9 Å². The van der Waals surface area contributed by atoms with Gasteiger partial charge in [0, 0.05) is 5.56 Å². The highest BCUT2D eigenvalue weighted by molar-refractivity contribution is 14.1. The van der Waals surface area contributed by atoms with Gasteiger partial charge in [-0.05, 0) is 85.3 Å². The summed E-state index contributed by atoms with van der Waals surface area (Å²) >= 11 is 2.17. The molecule has 0 saturated carbocycles. The zero-order valence-corrected chi connectivity index (χ0v) is 17.8. The number of halogens is 2. The molecule has 0 fully saturated rings. The second-order valence-corrected chi connectivity index (χ2v) is 7.44. The van der Waals surface area contributed by atoms with Gasteiger partial charge in [-0.15, -0.1) is 0 Å². The molecule has 2 aromatic carbocycles. The standard InChI is InChI=1S/C21H19FINO4/c1-4-26-18-10-13(8-16(23)19(18)27-12(2)3)9-17-21(25)28-20(24-17)14-6-5-7-15(22)11-14/h5-12H,4H2,1-3H3/b17-9-. The van der Waals surface area contributed by atoms with E-state index in [9.17, 15) is 9.18 Å². The Morgan fingerprint density at radius 2 is 2.07 bits per heavy atom. The second kappa shape index (κ2) is 8.72. The molecule has 7 heteroatoms. The first-order chi connectivity index (χ1) is 13.4. The maximum atomic E-state index is 13.4. The van der Waals surface area contributed by atoms with Crippen LogP contribution in [0, 0.1) is 9.39 Å². The first kappa shape index (κ1) is 20.3. The molecule has 2 aromatic rings. The predicted molar refractivity (Wildman–Crippen MR) is 113 cm³/mol. The van der Waals surface area contributed by atoms with Crippen molar-refractivity contribution in [3.05, 3.63) is 62.6 Å². The molecule has 146 valence electrons. The van der Waals surface area contributed by atoms with Crippen molar-refractivity contribution in [1.29, 1.82) is 0 Å². The number of benzene rings is 2. The number of carbonyl (C=O) groups is 1. The van der Waals surface area contributed by atoms with Crippen molar-refractivity contribution in [1.82, 2.24) is 0 Å². The molecular weight excluding hydrogens is 476 g/mol. The lowest BCUT2D eigenvalue weighted by atomic mass is 10.1. The van der Waals surface area contributed by atoms with Crippen molar-refractivity contribution in [3.63, 3.8) is 0 Å². The van der Waals surface area contributed by atoms with Crippen molar-refractivity contribution >= 4 is 40.5 Å². The van der Waals surface area contributed by atoms with E-state index in [1.807, 2.05) is 26.8 Å². The summed E-state index contributed by atoms with van der Waals surface area (Å²) in [5.74, 6) is 0.323. The van der Waals surface area contributed by atoms with E-state index < -0.39 is 11.8 Å². The Hall–Kier alpha value is -2.42. The van der Waals surface area contributed by atoms with Crippen molar-refractivity contribution < 1.29 is 23.4 Å². The molecular formula is C21H19FINO4. The molecule has 0 N–H and O–H groups in total. The zero-order valence-electron chi connectivity index (χ0n) is 15.7. The average Bonchev–Trinajstić information content (AvgIpc) is 2.99. The van der Waals surface area contributed by atoms with Gasteiger partial charge >= 0.3 is 5.97 Å². The molecule has 0 aliphatic carbocycles. The topological polar surface area (TPSA) is 57.1 Å². The number of ether oxygens (including phenoxy) is 3. The minimum atomic E-state index is -0.588. The van der Waals surface area contributed by atoms with Gasteiger partial charge < -0.3 is 14.2 Å². The van der Waals surface area contributed by atoms with Crippen molar-refractivity contribution in [2.75, 3.05) is 6.61 Å². The predicted octanol–water partition coefficient (Wildman–Crippen LogP) is 4.96. The Morgan fingerprint density at radius 3 is 2.75 bits per heavy atom. The molecule has 28 heavy (non-hydrogen) atoms. The van der Waals surface area contributed by atoms with Crippen molar-refractivity contribution in [2.24, 2.45) is 4.99 Å². The fourth-order valence-corrected chi connectivity index (χ4v) is 3.35. The minimum absolute atomic E-state index is 0.000151. The van der Waals surface area contributed by atoms with Crippen LogP contribution >= 0.6 is 22.6 Å². The van der Waals surface area contributed by atoms with Gasteiger partial charge in [0.15, 0.2) is 17.2 Å². The number of hydrogen-bond donors (Lipinski definition) is 0. The van der Waals surface area contributed by atoms with Gasteiger partial charge in [0.1, 0.15) is 5.82 Å². The Labute approximate surface area is 176 Å². The second-order valence-electron chi connectivity index (χ2n) is 6.28. The third-order valence-corrected chi connectivity index (χ3v) is 4.48. The van der Waals surface area contributed by atoms with Crippen molar-refractivity contribution in [3.8, 4) is 11.5 Å². The SMILES string of the molecule is CCOc1cc(/C=C2\N=C(c3cccc(F)c3)OC2=O)cc(I)c1OC(C)C. The summed E-state index contributed by atoms with van der Waals surface area (Å²) in [6, 6.07) is 9.41. The van der Waals surface area contributed by atoms with E-state index in [4.69, 9.17) is 14.2 Å². The van der Waals surface area contributed by atoms with Gasteiger partial charge in [0.25, 0.3) is 0 Å². The summed E-state index contributed by atoms with van der Waals surface area (Å²) in [5, 5.41) is 0. The molecule has 0 aromatic heterocycles. The first-order valence-electron chi connectivity index (χ1n) is 8.79. The quantitative estimate of drug-likeness (QED) is 0.323. The number of rotatable bonds is 6. The van der Waals surface area contributed by atoms with Crippen LogP contribution < -0.4 is 9.47 Å². The number of aliphatic imine (C=N–C) groups is 1. The summed E-state index contributed by atoms with van der Waals surface area (Å²) in [7, 11) is 0. The minimum Gasteiger partial charge on any atom is -0.490 e. The Bertz CT molecular complexity index is 969. The summed E-state index contributed by atoms with van der Waals surface area (Å²) in [6.45, 7) is 6.26. The van der Waals surface area contributed by atoms with E-state index in [-0.39, 0.29) is 17.7 Å². The van der Waals surface area contributed by atoms with Crippen LogP contribution in [0.3, 0.4) is 0 Å². The van der Waals surface area contributed by atoms with E-state index in [2.05, 4.69) is 27.6 Å². The smallest absolute Gasteiger partial charge is 0.363 e. The van der Waals surface area contributed by atoms with E-state index in [1.165, 1.54) is 18.2 Å². The molecule has 1 aliphatic heterocycles. The molecule has 0 atom stereocenters. The summed E-state index contributed by atoms with van der Waals surface area (Å²) in [4.78, 5) is 16.4. The maximum absolute atomic E-state index is 13.4. The molecule has 0 radical (unpaired) electrons. The average molecular weight is 495 g/mol. The van der Waals surface area contributed by atoms with Crippen LogP contribution in [-0.4, -0.2) is 24.6 Å². The normalized spacial score (nSPS) is 15.0. The maximum Gasteiger partial charge on any atom is 0.363 e. The van der Waals surface area contributed by atoms with Gasteiger partial charge in [-0.1, -0.05) is 6.07 Å². The van der Waals surface area contributed by atoms with Gasteiger partial charge in [0.2, 0.25) is 5.90 Å². The highest BCUT2D eigenvalue weighted by Gasteiger charge is 2.25. The van der Waals surface area contributed by atoms with E-state index >= 15 is 0 Å². The van der Waals surface area contributed by atoms with Crippen LogP contribution in [-0.2, 0) is 9.53 Å². The molecule has 0 spiro atoms. The molecule has 3 rings (SSSR count). The Balaban J connectivity index is 1.97. The number of hydrogen-bond acceptors (Lipinski definition) is 5. The van der Waals surface area contributed by atoms with Gasteiger partial charge in [0.05, 0.1) is 16.3 Å². The van der Waals surface area contributed by atoms with E-state index in [1.54, 1.807) is 18.2 Å². The van der Waals surface area contributed by atoms with E-state index in [0.29, 0.717) is 23.7 Å². The van der Waals surface area contributed by atoms with Crippen molar-refractivity contribution in [2.45, 2.75) is 26.9 Å². The Morgan fingerprint density at radius 1 is 1.29 bits per heavy atom. The molecule has 5 nitrogen and oxygen atoms in total. The molecule has 0 amide bonds. The summed E-state index contributed by atoms with van der Waals surface area (Å²) in [5.41, 5.74) is 1.26. The van der Waals surface area contributed by atoms with E-state index in [0.717, 1.165) is 9.13 Å². The molecule has 0 saturated heterocycles. The molecule has 1 aliphatic rings. The van der Waals surface area contributed by atoms with Crippen LogP contribution in [0.4, 0.5) is 4.39 Å².